The van der Waals surface area contributed by atoms with Gasteiger partial charge in [0.15, 0.2) is 0 Å². The second-order valence-corrected chi connectivity index (χ2v) is 5.39. The van der Waals surface area contributed by atoms with E-state index >= 15 is 0 Å². The van der Waals surface area contributed by atoms with Crippen LogP contribution in [-0.2, 0) is 4.79 Å². The van der Waals surface area contributed by atoms with E-state index in [4.69, 9.17) is 18.0 Å². The molecule has 1 unspecified atom stereocenters. The highest BCUT2D eigenvalue weighted by Gasteiger charge is 2.31. The predicted octanol–water partition coefficient (Wildman–Crippen LogP) is 2.79. The van der Waals surface area contributed by atoms with Crippen molar-refractivity contribution >= 4 is 28.9 Å². The van der Waals surface area contributed by atoms with Crippen LogP contribution in [0.1, 0.15) is 31.9 Å². The molecule has 0 aliphatic carbocycles. The van der Waals surface area contributed by atoms with E-state index in [9.17, 15) is 4.79 Å². The molecular formula is C16H20ClN3O. The van der Waals surface area contributed by atoms with E-state index < -0.39 is 0 Å². The number of benzene rings is 1. The number of nitrogens with zero attached hydrogens (tertiary/aromatic N) is 1. The lowest BCUT2D eigenvalue weighted by Crippen LogP contribution is -2.28. The van der Waals surface area contributed by atoms with Gasteiger partial charge in [0.25, 0.3) is 0 Å². The summed E-state index contributed by atoms with van der Waals surface area (Å²) in [6.45, 7) is 6.12. The fraction of sp³-hybridized carbons (Fsp3) is 0.438. The van der Waals surface area contributed by atoms with Crippen LogP contribution in [0.4, 0.5) is 11.4 Å². The molecule has 1 heterocycles. The van der Waals surface area contributed by atoms with Crippen LogP contribution >= 0.6 is 11.6 Å². The van der Waals surface area contributed by atoms with Crippen molar-refractivity contribution in [2.45, 2.75) is 26.3 Å². The van der Waals surface area contributed by atoms with Gasteiger partial charge >= 0.3 is 0 Å². The van der Waals surface area contributed by atoms with Crippen LogP contribution in [0, 0.1) is 12.3 Å². The second kappa shape index (κ2) is 6.84. The summed E-state index contributed by atoms with van der Waals surface area (Å²) in [5.74, 6) is 2.59. The van der Waals surface area contributed by atoms with Crippen molar-refractivity contribution in [3.8, 4) is 12.3 Å². The normalized spacial score (nSPS) is 16.3. The molecule has 112 valence electrons. The number of halogens is 1. The van der Waals surface area contributed by atoms with Gasteiger partial charge in [0, 0.05) is 17.8 Å². The maximum absolute atomic E-state index is 12.1. The van der Waals surface area contributed by atoms with Gasteiger partial charge in [-0.15, -0.1) is 6.42 Å². The molecule has 5 heteroatoms. The van der Waals surface area contributed by atoms with Crippen LogP contribution in [0.25, 0.3) is 0 Å². The molecule has 1 aromatic carbocycles. The molecule has 0 saturated carbocycles. The minimum Gasteiger partial charge on any atom is -0.359 e. The smallest absolute Gasteiger partial charge is 0.246 e. The fourth-order valence-electron chi connectivity index (χ4n) is 2.48. The molecule has 1 aliphatic heterocycles. The molecular weight excluding hydrogens is 286 g/mol. The number of nitrogens with one attached hydrogen (secondary N) is 2. The van der Waals surface area contributed by atoms with Gasteiger partial charge in [-0.05, 0) is 32.0 Å². The Kier molecular flexibility index (Phi) is 5.11. The third-order valence-corrected chi connectivity index (χ3v) is 3.86. The van der Waals surface area contributed by atoms with Crippen molar-refractivity contribution in [3.05, 3.63) is 22.7 Å². The third kappa shape index (κ3) is 3.15. The summed E-state index contributed by atoms with van der Waals surface area (Å²) in [5, 5.41) is 6.76. The minimum atomic E-state index is -0.325. The van der Waals surface area contributed by atoms with Crippen molar-refractivity contribution in [2.24, 2.45) is 0 Å². The number of terminal acetylenes is 1. The Hall–Kier alpha value is -1.70. The number of anilines is 2. The number of amides is 1. The molecule has 1 aliphatic rings. The molecule has 1 atom stereocenters. The molecule has 2 N–H and O–H groups in total. The van der Waals surface area contributed by atoms with Gasteiger partial charge in [0.05, 0.1) is 17.3 Å². The highest BCUT2D eigenvalue weighted by molar-refractivity contribution is 6.33. The van der Waals surface area contributed by atoms with Crippen LogP contribution < -0.4 is 15.5 Å². The van der Waals surface area contributed by atoms with Gasteiger partial charge in [-0.3, -0.25) is 4.79 Å². The monoisotopic (exact) mass is 305 g/mol. The number of carbonyl (C=O) groups excluding carboxylic acids is 1. The van der Waals surface area contributed by atoms with Crippen molar-refractivity contribution in [2.75, 3.05) is 29.9 Å². The molecule has 0 bridgehead atoms. The highest BCUT2D eigenvalue weighted by atomic mass is 35.5. The molecule has 0 saturated heterocycles. The predicted molar refractivity (Wildman–Crippen MR) is 87.8 cm³/mol. The zero-order valence-corrected chi connectivity index (χ0v) is 13.1. The van der Waals surface area contributed by atoms with E-state index in [1.807, 2.05) is 24.0 Å². The first-order valence-electron chi connectivity index (χ1n) is 7.18. The first kappa shape index (κ1) is 15.7. The number of fused-ring (bicyclic) bond motifs is 1. The summed E-state index contributed by atoms with van der Waals surface area (Å²) < 4.78 is 0. The van der Waals surface area contributed by atoms with Crippen LogP contribution in [0.3, 0.4) is 0 Å². The van der Waals surface area contributed by atoms with E-state index in [2.05, 4.69) is 23.5 Å². The average molecular weight is 306 g/mol. The Morgan fingerprint density at radius 2 is 2.24 bits per heavy atom. The van der Waals surface area contributed by atoms with Gasteiger partial charge in [-0.2, -0.15) is 0 Å². The first-order valence-corrected chi connectivity index (χ1v) is 7.56. The Balaban J connectivity index is 2.34. The Labute approximate surface area is 130 Å². The molecule has 4 nitrogen and oxygen atoms in total. The average Bonchev–Trinajstić information content (AvgIpc) is 2.77. The molecule has 0 radical (unpaired) electrons. The largest absolute Gasteiger partial charge is 0.359 e. The topological polar surface area (TPSA) is 44.4 Å². The molecule has 0 fully saturated rings. The van der Waals surface area contributed by atoms with Crippen LogP contribution in [0.15, 0.2) is 12.1 Å². The highest BCUT2D eigenvalue weighted by Crippen LogP contribution is 2.38. The molecule has 2 rings (SSSR count). The SMILES string of the molecule is C#CCN(CC)c1cc2c(cc1Cl)C(NCCC)C(=O)N2. The zero-order valence-electron chi connectivity index (χ0n) is 12.4. The molecule has 1 aromatic rings. The summed E-state index contributed by atoms with van der Waals surface area (Å²) >= 11 is 6.39. The van der Waals surface area contributed by atoms with Crippen molar-refractivity contribution in [1.29, 1.82) is 0 Å². The van der Waals surface area contributed by atoms with Crippen molar-refractivity contribution < 1.29 is 4.79 Å². The summed E-state index contributed by atoms with van der Waals surface area (Å²) in [7, 11) is 0. The van der Waals surface area contributed by atoms with Gasteiger partial charge < -0.3 is 15.5 Å². The lowest BCUT2D eigenvalue weighted by atomic mass is 10.1. The summed E-state index contributed by atoms with van der Waals surface area (Å²) in [4.78, 5) is 14.1. The van der Waals surface area contributed by atoms with E-state index in [-0.39, 0.29) is 11.9 Å². The number of rotatable bonds is 6. The van der Waals surface area contributed by atoms with Crippen LogP contribution in [0.2, 0.25) is 5.02 Å². The number of hydrogen-bond donors (Lipinski definition) is 2. The van der Waals surface area contributed by atoms with E-state index in [1.165, 1.54) is 0 Å². The lowest BCUT2D eigenvalue weighted by molar-refractivity contribution is -0.117. The van der Waals surface area contributed by atoms with Gasteiger partial charge in [0.1, 0.15) is 6.04 Å². The summed E-state index contributed by atoms with van der Waals surface area (Å²) in [5.41, 5.74) is 2.56. The molecule has 21 heavy (non-hydrogen) atoms. The Bertz CT molecular complexity index is 580. The number of hydrogen-bond acceptors (Lipinski definition) is 3. The number of carbonyl (C=O) groups is 1. The maximum Gasteiger partial charge on any atom is 0.246 e. The van der Waals surface area contributed by atoms with Gasteiger partial charge in [0.2, 0.25) is 5.91 Å². The second-order valence-electron chi connectivity index (χ2n) is 4.99. The van der Waals surface area contributed by atoms with Crippen molar-refractivity contribution in [3.63, 3.8) is 0 Å². The zero-order chi connectivity index (χ0) is 15.4. The Morgan fingerprint density at radius 1 is 1.48 bits per heavy atom. The first-order chi connectivity index (χ1) is 10.1. The minimum absolute atomic E-state index is 0.0355. The van der Waals surface area contributed by atoms with Crippen LogP contribution in [-0.4, -0.2) is 25.5 Å². The molecule has 0 aromatic heterocycles. The van der Waals surface area contributed by atoms with Gasteiger partial charge in [-0.25, -0.2) is 0 Å². The van der Waals surface area contributed by atoms with Crippen molar-refractivity contribution in [1.82, 2.24) is 5.32 Å². The maximum atomic E-state index is 12.1. The molecule has 0 spiro atoms. The standard InChI is InChI=1S/C16H20ClN3O/c1-4-7-18-15-11-9-12(17)14(20(6-3)8-5-2)10-13(11)19-16(15)21/h2,9-10,15,18H,4,6-8H2,1,3H3,(H,19,21). The fourth-order valence-corrected chi connectivity index (χ4v) is 2.77. The summed E-state index contributed by atoms with van der Waals surface area (Å²) in [6, 6.07) is 3.44. The molecule has 1 amide bonds. The third-order valence-electron chi connectivity index (χ3n) is 3.55. The van der Waals surface area contributed by atoms with Gasteiger partial charge in [-0.1, -0.05) is 24.4 Å². The Morgan fingerprint density at radius 3 is 2.86 bits per heavy atom. The van der Waals surface area contributed by atoms with E-state index in [1.54, 1.807) is 0 Å². The van der Waals surface area contributed by atoms with Crippen LogP contribution in [0.5, 0.6) is 0 Å². The van der Waals surface area contributed by atoms with E-state index in [0.29, 0.717) is 11.6 Å². The quantitative estimate of drug-likeness (QED) is 0.794. The van der Waals surface area contributed by atoms with E-state index in [0.717, 1.165) is 36.4 Å². The summed E-state index contributed by atoms with van der Waals surface area (Å²) in [6.07, 6.45) is 6.36. The lowest BCUT2D eigenvalue weighted by Gasteiger charge is -2.22.